The van der Waals surface area contributed by atoms with E-state index in [9.17, 15) is 4.39 Å². The van der Waals surface area contributed by atoms with Gasteiger partial charge < -0.3 is 4.74 Å². The van der Waals surface area contributed by atoms with Crippen LogP contribution in [0.3, 0.4) is 0 Å². The van der Waals surface area contributed by atoms with Crippen LogP contribution >= 0.6 is 0 Å². The van der Waals surface area contributed by atoms with E-state index in [-0.39, 0.29) is 6.54 Å². The molecule has 0 N–H and O–H groups in total. The van der Waals surface area contributed by atoms with Crippen molar-refractivity contribution in [3.8, 4) is 28.1 Å². The molecule has 31 heavy (non-hydrogen) atoms. The monoisotopic (exact) mass is 414 g/mol. The lowest BCUT2D eigenvalue weighted by molar-refractivity contribution is 0.301. The van der Waals surface area contributed by atoms with Crippen LogP contribution < -0.4 is 4.74 Å². The van der Waals surface area contributed by atoms with Gasteiger partial charge >= 0.3 is 0 Å². The number of aromatic nitrogens is 4. The van der Waals surface area contributed by atoms with Crippen molar-refractivity contribution in [3.63, 3.8) is 0 Å². The first-order valence-electron chi connectivity index (χ1n) is 10.5. The zero-order valence-corrected chi connectivity index (χ0v) is 17.1. The number of nitrogens with zero attached hydrogens (tertiary/aromatic N) is 4. The second kappa shape index (κ2) is 8.68. The topological polar surface area (TPSA) is 52.8 Å². The highest BCUT2D eigenvalue weighted by Crippen LogP contribution is 2.39. The largest absolute Gasteiger partial charge is 0.487 e. The smallest absolute Gasteiger partial charge is 0.130 e. The molecule has 1 aliphatic carbocycles. The van der Waals surface area contributed by atoms with Gasteiger partial charge in [-0.2, -0.15) is 5.10 Å². The molecule has 0 unspecified atom stereocenters. The highest BCUT2D eigenvalue weighted by Gasteiger charge is 2.23. The van der Waals surface area contributed by atoms with Gasteiger partial charge in [0.25, 0.3) is 0 Å². The number of rotatable bonds is 8. The normalized spacial score (nSPS) is 13.3. The molecule has 3 heterocycles. The summed E-state index contributed by atoms with van der Waals surface area (Å²) in [6.07, 6.45) is 9.89. The van der Waals surface area contributed by atoms with Crippen molar-refractivity contribution in [1.29, 1.82) is 0 Å². The third kappa shape index (κ3) is 4.48. The van der Waals surface area contributed by atoms with Crippen molar-refractivity contribution in [1.82, 2.24) is 19.7 Å². The Labute approximate surface area is 180 Å². The van der Waals surface area contributed by atoms with Gasteiger partial charge in [-0.05, 0) is 72.4 Å². The maximum atomic E-state index is 12.9. The van der Waals surface area contributed by atoms with Gasteiger partial charge in [0.2, 0.25) is 0 Å². The quantitative estimate of drug-likeness (QED) is 0.386. The second-order valence-electron chi connectivity index (χ2n) is 7.75. The van der Waals surface area contributed by atoms with Gasteiger partial charge in [-0.3, -0.25) is 14.6 Å². The third-order valence-electron chi connectivity index (χ3n) is 5.48. The number of halogens is 1. The molecule has 1 aromatic carbocycles. The van der Waals surface area contributed by atoms with Crippen LogP contribution in [0.4, 0.5) is 4.39 Å². The van der Waals surface area contributed by atoms with E-state index < -0.39 is 6.67 Å². The van der Waals surface area contributed by atoms with E-state index in [1.807, 2.05) is 54.9 Å². The first-order valence-corrected chi connectivity index (χ1v) is 10.5. The Morgan fingerprint density at radius 3 is 2.45 bits per heavy atom. The molecule has 1 fully saturated rings. The molecular weight excluding hydrogens is 391 g/mol. The van der Waals surface area contributed by atoms with E-state index in [0.29, 0.717) is 12.5 Å². The van der Waals surface area contributed by atoms with Gasteiger partial charge in [0.1, 0.15) is 24.7 Å². The molecule has 3 aromatic heterocycles. The van der Waals surface area contributed by atoms with Crippen LogP contribution in [-0.2, 0) is 13.2 Å². The fraction of sp³-hybridized carbons (Fsp3) is 0.240. The molecule has 156 valence electrons. The van der Waals surface area contributed by atoms with E-state index in [4.69, 9.17) is 4.74 Å². The van der Waals surface area contributed by atoms with Gasteiger partial charge in [0.15, 0.2) is 0 Å². The van der Waals surface area contributed by atoms with E-state index in [2.05, 4.69) is 21.1 Å². The van der Waals surface area contributed by atoms with Gasteiger partial charge in [0, 0.05) is 35.9 Å². The van der Waals surface area contributed by atoms with Crippen molar-refractivity contribution < 1.29 is 9.13 Å². The van der Waals surface area contributed by atoms with E-state index >= 15 is 0 Å². The van der Waals surface area contributed by atoms with Crippen LogP contribution in [-0.4, -0.2) is 26.4 Å². The van der Waals surface area contributed by atoms with Gasteiger partial charge in [-0.15, -0.1) is 0 Å². The first-order chi connectivity index (χ1) is 15.3. The van der Waals surface area contributed by atoms with Crippen molar-refractivity contribution >= 4 is 0 Å². The molecule has 0 spiro atoms. The maximum Gasteiger partial charge on any atom is 0.130 e. The Kier molecular flexibility index (Phi) is 5.44. The van der Waals surface area contributed by atoms with Crippen LogP contribution in [0.25, 0.3) is 22.4 Å². The average Bonchev–Trinajstić information content (AvgIpc) is 3.59. The van der Waals surface area contributed by atoms with Crippen molar-refractivity contribution in [2.75, 3.05) is 6.67 Å². The Hall–Kier alpha value is -3.54. The van der Waals surface area contributed by atoms with E-state index in [1.165, 1.54) is 18.4 Å². The number of hydrogen-bond donors (Lipinski definition) is 0. The number of ether oxygens (including phenoxy) is 1. The van der Waals surface area contributed by atoms with Crippen molar-refractivity contribution in [3.05, 3.63) is 84.6 Å². The van der Waals surface area contributed by atoms with Crippen LogP contribution in [0.2, 0.25) is 0 Å². The SMILES string of the molecule is FCCn1cc(-c2ccncc2)c(-c2ccc(OCc3ccc(C4CC4)cn3)cc2)n1. The minimum atomic E-state index is -0.459. The van der Waals surface area contributed by atoms with Crippen LogP contribution in [0, 0.1) is 0 Å². The summed E-state index contributed by atoms with van der Waals surface area (Å²) in [5.41, 5.74) is 5.94. The third-order valence-corrected chi connectivity index (χ3v) is 5.48. The maximum absolute atomic E-state index is 12.9. The van der Waals surface area contributed by atoms with Crippen LogP contribution in [0.5, 0.6) is 5.75 Å². The lowest BCUT2D eigenvalue weighted by Crippen LogP contribution is -2.00. The number of hydrogen-bond acceptors (Lipinski definition) is 4. The number of aryl methyl sites for hydroxylation is 1. The molecule has 5 nitrogen and oxygen atoms in total. The summed E-state index contributed by atoms with van der Waals surface area (Å²) in [5.74, 6) is 1.48. The first kappa shape index (κ1) is 19.4. The predicted octanol–water partition coefficient (Wildman–Crippen LogP) is 5.43. The zero-order chi connectivity index (χ0) is 21.0. The van der Waals surface area contributed by atoms with Crippen LogP contribution in [0.1, 0.15) is 30.0 Å². The van der Waals surface area contributed by atoms with Crippen molar-refractivity contribution in [2.24, 2.45) is 0 Å². The van der Waals surface area contributed by atoms with Crippen LogP contribution in [0.15, 0.2) is 73.3 Å². The molecule has 4 aromatic rings. The summed E-state index contributed by atoms with van der Waals surface area (Å²) in [6.45, 7) is 0.197. The van der Waals surface area contributed by atoms with Gasteiger partial charge in [0.05, 0.1) is 12.2 Å². The molecule has 1 saturated carbocycles. The summed E-state index contributed by atoms with van der Waals surface area (Å²) in [5, 5.41) is 4.60. The lowest BCUT2D eigenvalue weighted by Gasteiger charge is -2.08. The Balaban J connectivity index is 1.32. The highest BCUT2D eigenvalue weighted by atomic mass is 19.1. The summed E-state index contributed by atoms with van der Waals surface area (Å²) < 4.78 is 20.4. The molecule has 0 aliphatic heterocycles. The van der Waals surface area contributed by atoms with Gasteiger partial charge in [-0.1, -0.05) is 6.07 Å². The van der Waals surface area contributed by atoms with E-state index in [0.717, 1.165) is 33.8 Å². The molecule has 0 bridgehead atoms. The standard InChI is InChI=1S/C25H23FN4O/c26-11-14-30-16-24(19-9-12-27-13-10-19)25(29-30)20-4-7-23(8-5-20)31-17-22-6-3-21(15-28-22)18-1-2-18/h3-10,12-13,15-16,18H,1-2,11,14,17H2. The number of pyridine rings is 2. The second-order valence-corrected chi connectivity index (χ2v) is 7.75. The molecular formula is C25H23FN4O. The summed E-state index contributed by atoms with van der Waals surface area (Å²) >= 11 is 0. The molecule has 5 rings (SSSR count). The fourth-order valence-corrected chi connectivity index (χ4v) is 3.62. The minimum Gasteiger partial charge on any atom is -0.487 e. The molecule has 0 saturated heterocycles. The molecule has 1 aliphatic rings. The lowest BCUT2D eigenvalue weighted by atomic mass is 10.0. The summed E-state index contributed by atoms with van der Waals surface area (Å²) in [6, 6.07) is 15.9. The molecule has 6 heteroatoms. The Morgan fingerprint density at radius 2 is 1.77 bits per heavy atom. The molecule has 0 radical (unpaired) electrons. The number of alkyl halides is 1. The minimum absolute atomic E-state index is 0.228. The number of benzene rings is 1. The Morgan fingerprint density at radius 1 is 0.968 bits per heavy atom. The van der Waals surface area contributed by atoms with Gasteiger partial charge in [-0.25, -0.2) is 4.39 Å². The van der Waals surface area contributed by atoms with Crippen molar-refractivity contribution in [2.45, 2.75) is 31.9 Å². The Bertz CT molecular complexity index is 1140. The summed E-state index contributed by atoms with van der Waals surface area (Å²) in [4.78, 5) is 8.59. The fourth-order valence-electron chi connectivity index (χ4n) is 3.62. The predicted molar refractivity (Wildman–Crippen MR) is 117 cm³/mol. The molecule has 0 amide bonds. The highest BCUT2D eigenvalue weighted by molar-refractivity contribution is 5.80. The molecule has 0 atom stereocenters. The average molecular weight is 414 g/mol. The zero-order valence-electron chi connectivity index (χ0n) is 17.1. The summed E-state index contributed by atoms with van der Waals surface area (Å²) in [7, 11) is 0. The van der Waals surface area contributed by atoms with E-state index in [1.54, 1.807) is 17.1 Å².